The molecule has 2 aromatic heterocycles. The van der Waals surface area contributed by atoms with Crippen molar-refractivity contribution >= 4 is 27.2 Å². The molecule has 2 heteroatoms. The van der Waals surface area contributed by atoms with Crippen molar-refractivity contribution in [1.82, 2.24) is 9.38 Å². The second kappa shape index (κ2) is 9.62. The van der Waals surface area contributed by atoms with Gasteiger partial charge in [0.1, 0.15) is 5.65 Å². The molecule has 0 amide bonds. The number of fused-ring (bicyclic) bond motifs is 3. The molecule has 0 aliphatic rings. The van der Waals surface area contributed by atoms with Crippen LogP contribution in [0.5, 0.6) is 0 Å². The Kier molecular flexibility index (Phi) is 5.49. The summed E-state index contributed by atoms with van der Waals surface area (Å²) in [5.41, 5.74) is 10.3. The zero-order valence-electron chi connectivity index (χ0n) is 22.4. The van der Waals surface area contributed by atoms with Gasteiger partial charge in [-0.25, -0.2) is 4.98 Å². The van der Waals surface area contributed by atoms with Crippen molar-refractivity contribution in [2.24, 2.45) is 0 Å². The van der Waals surface area contributed by atoms with Crippen molar-refractivity contribution in [1.29, 1.82) is 0 Å². The van der Waals surface area contributed by atoms with Crippen molar-refractivity contribution < 1.29 is 0 Å². The van der Waals surface area contributed by atoms with Gasteiger partial charge in [-0.1, -0.05) is 140 Å². The van der Waals surface area contributed by atoms with Crippen LogP contribution >= 0.6 is 0 Å². The number of rotatable bonds is 4. The fourth-order valence-corrected chi connectivity index (χ4v) is 6.16. The van der Waals surface area contributed by atoms with E-state index in [1.807, 2.05) is 6.07 Å². The molecule has 2 heterocycles. The maximum absolute atomic E-state index is 4.98. The molecule has 0 fully saturated rings. The lowest BCUT2D eigenvalue weighted by atomic mass is 9.86. The van der Waals surface area contributed by atoms with Crippen molar-refractivity contribution in [3.63, 3.8) is 0 Å². The van der Waals surface area contributed by atoms with Crippen LogP contribution in [0.25, 0.3) is 72.0 Å². The summed E-state index contributed by atoms with van der Waals surface area (Å²) < 4.78 is 2.18. The first-order valence-corrected chi connectivity index (χ1v) is 14.0. The molecule has 2 nitrogen and oxygen atoms in total. The van der Waals surface area contributed by atoms with Crippen molar-refractivity contribution in [2.75, 3.05) is 0 Å². The van der Waals surface area contributed by atoms with Crippen LogP contribution in [0.1, 0.15) is 0 Å². The van der Waals surface area contributed by atoms with E-state index in [-0.39, 0.29) is 0 Å². The molecule has 8 rings (SSSR count). The Balaban J connectivity index is 1.28. The highest BCUT2D eigenvalue weighted by Gasteiger charge is 2.16. The molecule has 0 aliphatic carbocycles. The Morgan fingerprint density at radius 1 is 0.366 bits per heavy atom. The van der Waals surface area contributed by atoms with E-state index in [2.05, 4.69) is 156 Å². The summed E-state index contributed by atoms with van der Waals surface area (Å²) in [5.74, 6) is 0. The van der Waals surface area contributed by atoms with E-state index in [1.54, 1.807) is 0 Å². The Bertz CT molecular complexity index is 2120. The molecule has 192 valence electrons. The first-order chi connectivity index (χ1) is 20.3. The largest absolute Gasteiger partial charge is 0.299 e. The number of hydrogen-bond donors (Lipinski definition) is 0. The zero-order valence-corrected chi connectivity index (χ0v) is 22.4. The van der Waals surface area contributed by atoms with Crippen LogP contribution in [0, 0.1) is 0 Å². The summed E-state index contributed by atoms with van der Waals surface area (Å²) in [6.07, 6.45) is 2.14. The van der Waals surface area contributed by atoms with Crippen molar-refractivity contribution in [3.05, 3.63) is 158 Å². The predicted octanol–water partition coefficient (Wildman–Crippen LogP) is 10.3. The molecule has 6 aromatic carbocycles. The Hall–Kier alpha value is -5.47. The lowest BCUT2D eigenvalue weighted by Crippen LogP contribution is -1.90. The normalized spacial score (nSPS) is 11.4. The molecule has 0 spiro atoms. The number of pyridine rings is 1. The minimum Gasteiger partial charge on any atom is -0.299 e. The van der Waals surface area contributed by atoms with Crippen LogP contribution in [0.2, 0.25) is 0 Å². The van der Waals surface area contributed by atoms with Gasteiger partial charge in [0, 0.05) is 11.8 Å². The van der Waals surface area contributed by atoms with E-state index in [4.69, 9.17) is 4.98 Å². The van der Waals surface area contributed by atoms with E-state index >= 15 is 0 Å². The molecule has 0 saturated heterocycles. The molecule has 0 aliphatic heterocycles. The molecule has 0 saturated carbocycles. The van der Waals surface area contributed by atoms with Gasteiger partial charge in [-0.3, -0.25) is 4.40 Å². The zero-order chi connectivity index (χ0) is 27.2. The molecule has 0 N–H and O–H groups in total. The smallest absolute Gasteiger partial charge is 0.137 e. The lowest BCUT2D eigenvalue weighted by Gasteiger charge is -2.17. The van der Waals surface area contributed by atoms with Gasteiger partial charge in [-0.05, 0) is 61.5 Å². The molecule has 0 unspecified atom stereocenters. The van der Waals surface area contributed by atoms with E-state index in [0.29, 0.717) is 0 Å². The summed E-state index contributed by atoms with van der Waals surface area (Å²) in [6.45, 7) is 0. The van der Waals surface area contributed by atoms with Gasteiger partial charge in [-0.15, -0.1) is 0 Å². The molecular formula is C39H26N2. The number of benzene rings is 6. The Morgan fingerprint density at radius 2 is 0.829 bits per heavy atom. The van der Waals surface area contributed by atoms with Crippen LogP contribution in [0.3, 0.4) is 0 Å². The summed E-state index contributed by atoms with van der Waals surface area (Å²) in [7, 11) is 0. The van der Waals surface area contributed by atoms with E-state index in [1.165, 1.54) is 49.4 Å². The molecular weight excluding hydrogens is 496 g/mol. The SMILES string of the molecule is c1ccc(-c2c3ccccc3c(-c3ccc(-c4cn5c(-c6ccccc6)cccc5n4)cc3)c3ccccc23)cc1. The second-order valence-electron chi connectivity index (χ2n) is 10.4. The minimum absolute atomic E-state index is 0.943. The first-order valence-electron chi connectivity index (χ1n) is 14.0. The van der Waals surface area contributed by atoms with Crippen molar-refractivity contribution in [2.45, 2.75) is 0 Å². The average Bonchev–Trinajstić information content (AvgIpc) is 3.49. The maximum atomic E-state index is 4.98. The van der Waals surface area contributed by atoms with Crippen LogP contribution < -0.4 is 0 Å². The van der Waals surface area contributed by atoms with Gasteiger partial charge in [0.05, 0.1) is 11.4 Å². The predicted molar refractivity (Wildman–Crippen MR) is 172 cm³/mol. The number of hydrogen-bond acceptors (Lipinski definition) is 1. The van der Waals surface area contributed by atoms with Crippen LogP contribution in [-0.4, -0.2) is 9.38 Å². The molecule has 41 heavy (non-hydrogen) atoms. The first kappa shape index (κ1) is 23.4. The monoisotopic (exact) mass is 522 g/mol. The van der Waals surface area contributed by atoms with E-state index in [0.717, 1.165) is 22.6 Å². The van der Waals surface area contributed by atoms with Gasteiger partial charge < -0.3 is 0 Å². The highest BCUT2D eigenvalue weighted by atomic mass is 15.0. The molecule has 0 bridgehead atoms. The van der Waals surface area contributed by atoms with E-state index in [9.17, 15) is 0 Å². The number of imidazole rings is 1. The van der Waals surface area contributed by atoms with Crippen LogP contribution in [0.4, 0.5) is 0 Å². The topological polar surface area (TPSA) is 17.3 Å². The summed E-state index contributed by atoms with van der Waals surface area (Å²) in [6, 6.07) is 54.0. The van der Waals surface area contributed by atoms with Gasteiger partial charge >= 0.3 is 0 Å². The quantitative estimate of drug-likeness (QED) is 0.210. The number of nitrogens with zero attached hydrogens (tertiary/aromatic N) is 2. The molecule has 0 radical (unpaired) electrons. The standard InChI is InChI=1S/C39H26N2/c1-3-12-28(13-4-1)36-20-11-21-37-40-35(26-41(36)37)27-22-24-30(25-23-27)39-33-18-9-7-16-31(33)38(29-14-5-2-6-15-29)32-17-8-10-19-34(32)39/h1-26H. The highest BCUT2D eigenvalue weighted by molar-refractivity contribution is 6.21. The van der Waals surface area contributed by atoms with Gasteiger partial charge in [0.15, 0.2) is 0 Å². The Labute approximate surface area is 238 Å². The van der Waals surface area contributed by atoms with Gasteiger partial charge in [0.2, 0.25) is 0 Å². The summed E-state index contributed by atoms with van der Waals surface area (Å²) >= 11 is 0. The second-order valence-corrected chi connectivity index (χ2v) is 10.4. The van der Waals surface area contributed by atoms with Crippen LogP contribution in [0.15, 0.2) is 158 Å². The minimum atomic E-state index is 0.943. The third kappa shape index (κ3) is 3.92. The van der Waals surface area contributed by atoms with Gasteiger partial charge in [0.25, 0.3) is 0 Å². The summed E-state index contributed by atoms with van der Waals surface area (Å²) in [5, 5.41) is 5.06. The third-order valence-electron chi connectivity index (χ3n) is 8.02. The third-order valence-corrected chi connectivity index (χ3v) is 8.02. The Morgan fingerprint density at radius 3 is 1.39 bits per heavy atom. The maximum Gasteiger partial charge on any atom is 0.137 e. The summed E-state index contributed by atoms with van der Waals surface area (Å²) in [4.78, 5) is 4.98. The fraction of sp³-hybridized carbons (Fsp3) is 0. The fourth-order valence-electron chi connectivity index (χ4n) is 6.16. The van der Waals surface area contributed by atoms with E-state index < -0.39 is 0 Å². The highest BCUT2D eigenvalue weighted by Crippen LogP contribution is 2.43. The molecule has 8 aromatic rings. The van der Waals surface area contributed by atoms with Crippen LogP contribution in [-0.2, 0) is 0 Å². The van der Waals surface area contributed by atoms with Crippen molar-refractivity contribution in [3.8, 4) is 44.8 Å². The number of aromatic nitrogens is 2. The lowest BCUT2D eigenvalue weighted by molar-refractivity contribution is 1.19. The average molecular weight is 523 g/mol. The molecule has 0 atom stereocenters. The van der Waals surface area contributed by atoms with Gasteiger partial charge in [-0.2, -0.15) is 0 Å².